The minimum atomic E-state index is -0.518. The van der Waals surface area contributed by atoms with Gasteiger partial charge in [0.15, 0.2) is 10.9 Å². The smallest absolute Gasteiger partial charge is 0.270 e. The zero-order valence-electron chi connectivity index (χ0n) is 14.3. The van der Waals surface area contributed by atoms with E-state index < -0.39 is 5.56 Å². The molecule has 7 heteroatoms. The number of rotatable bonds is 5. The minimum absolute atomic E-state index is 0.0495. The molecule has 0 amide bonds. The summed E-state index contributed by atoms with van der Waals surface area (Å²) in [5.41, 5.74) is 2.09. The molecule has 0 saturated heterocycles. The lowest BCUT2D eigenvalue weighted by molar-refractivity contribution is 0.102. The van der Waals surface area contributed by atoms with Gasteiger partial charge < -0.3 is 4.98 Å². The zero-order chi connectivity index (χ0) is 19.4. The minimum Gasteiger partial charge on any atom is -0.300 e. The van der Waals surface area contributed by atoms with Crippen LogP contribution in [0.4, 0.5) is 0 Å². The van der Waals surface area contributed by atoms with E-state index in [0.717, 1.165) is 21.8 Å². The van der Waals surface area contributed by atoms with Crippen LogP contribution in [0.2, 0.25) is 0 Å². The predicted octanol–water partition coefficient (Wildman–Crippen LogP) is 4.35. The molecule has 1 N–H and O–H groups in total. The van der Waals surface area contributed by atoms with E-state index in [4.69, 9.17) is 0 Å². The van der Waals surface area contributed by atoms with Crippen molar-refractivity contribution in [2.45, 2.75) is 12.1 Å². The Balaban J connectivity index is 1.87. The van der Waals surface area contributed by atoms with Crippen LogP contribution >= 0.6 is 27.7 Å². The number of H-pyrrole nitrogens is 1. The number of halogens is 1. The second kappa shape index (κ2) is 8.33. The van der Waals surface area contributed by atoms with Crippen molar-refractivity contribution in [3.63, 3.8) is 0 Å². The van der Waals surface area contributed by atoms with Crippen LogP contribution in [0.1, 0.15) is 21.5 Å². The molecule has 3 aromatic rings. The highest BCUT2D eigenvalue weighted by atomic mass is 79.9. The third-order valence-corrected chi connectivity index (χ3v) is 5.24. The maximum atomic E-state index is 12.3. The number of ketones is 1. The van der Waals surface area contributed by atoms with Crippen LogP contribution in [0.25, 0.3) is 11.3 Å². The van der Waals surface area contributed by atoms with E-state index in [1.807, 2.05) is 37.3 Å². The van der Waals surface area contributed by atoms with Crippen molar-refractivity contribution in [2.75, 3.05) is 5.75 Å². The summed E-state index contributed by atoms with van der Waals surface area (Å²) in [7, 11) is 0. The number of benzene rings is 2. The molecular weight excluding hydrogens is 426 g/mol. The fraction of sp³-hybridized carbons (Fsp3) is 0.100. The predicted molar refractivity (Wildman–Crippen MR) is 109 cm³/mol. The highest BCUT2D eigenvalue weighted by Gasteiger charge is 2.15. The lowest BCUT2D eigenvalue weighted by Gasteiger charge is -2.07. The van der Waals surface area contributed by atoms with Gasteiger partial charge in [0.05, 0.1) is 11.4 Å². The topological polar surface area (TPSA) is 86.6 Å². The Bertz CT molecular complexity index is 1080. The monoisotopic (exact) mass is 439 g/mol. The number of aromatic amines is 1. The van der Waals surface area contributed by atoms with Gasteiger partial charge in [-0.25, -0.2) is 4.98 Å². The fourth-order valence-corrected chi connectivity index (χ4v) is 3.42. The molecule has 0 spiro atoms. The molecule has 0 radical (unpaired) electrons. The van der Waals surface area contributed by atoms with Gasteiger partial charge in [-0.05, 0) is 19.1 Å². The molecule has 0 aliphatic heterocycles. The Morgan fingerprint density at radius 1 is 1.19 bits per heavy atom. The third kappa shape index (κ3) is 4.54. The molecule has 1 aromatic heterocycles. The van der Waals surface area contributed by atoms with Gasteiger partial charge in [-0.1, -0.05) is 69.7 Å². The summed E-state index contributed by atoms with van der Waals surface area (Å²) in [5, 5.41) is 9.62. The van der Waals surface area contributed by atoms with Gasteiger partial charge in [0.1, 0.15) is 11.6 Å². The van der Waals surface area contributed by atoms with Crippen LogP contribution in [-0.4, -0.2) is 21.5 Å². The normalized spacial score (nSPS) is 10.4. The van der Waals surface area contributed by atoms with Crippen LogP contribution in [-0.2, 0) is 0 Å². The maximum Gasteiger partial charge on any atom is 0.270 e. The standard InChI is InChI=1S/C20H14BrN3O2S/c1-12-2-4-13(5-3-12)17(25)11-27-20-23-18(16(10-22)19(26)24-20)14-6-8-15(21)9-7-14/h2-9H,11H2,1H3,(H,23,24,26). The number of aryl methyl sites for hydroxylation is 1. The first-order valence-corrected chi connectivity index (χ1v) is 9.79. The number of carbonyl (C=O) groups is 1. The highest BCUT2D eigenvalue weighted by Crippen LogP contribution is 2.24. The van der Waals surface area contributed by atoms with E-state index in [1.54, 1.807) is 24.3 Å². The lowest BCUT2D eigenvalue weighted by Crippen LogP contribution is -2.15. The van der Waals surface area contributed by atoms with Crippen LogP contribution in [0.3, 0.4) is 0 Å². The Kier molecular flexibility index (Phi) is 5.89. The summed E-state index contributed by atoms with van der Waals surface area (Å²) in [6, 6.07) is 16.4. The number of nitrogens with one attached hydrogen (secondary N) is 1. The molecule has 0 aliphatic rings. The van der Waals surface area contributed by atoms with Gasteiger partial charge in [-0.3, -0.25) is 9.59 Å². The SMILES string of the molecule is Cc1ccc(C(=O)CSc2nc(-c3ccc(Br)cc3)c(C#N)c(=O)[nH]2)cc1. The largest absolute Gasteiger partial charge is 0.300 e. The van der Waals surface area contributed by atoms with Crippen LogP contribution in [0.15, 0.2) is 63.0 Å². The quantitative estimate of drug-likeness (QED) is 0.362. The molecule has 0 aliphatic carbocycles. The molecular formula is C20H14BrN3O2S. The number of hydrogen-bond acceptors (Lipinski definition) is 5. The van der Waals surface area contributed by atoms with Crippen molar-refractivity contribution in [1.82, 2.24) is 9.97 Å². The number of Topliss-reactive ketones (excluding diaryl/α,β-unsaturated/α-hetero) is 1. The average Bonchev–Trinajstić information content (AvgIpc) is 2.67. The van der Waals surface area contributed by atoms with E-state index in [0.29, 0.717) is 22.0 Å². The molecule has 0 bridgehead atoms. The zero-order valence-corrected chi connectivity index (χ0v) is 16.7. The van der Waals surface area contributed by atoms with Gasteiger partial charge in [0.2, 0.25) is 0 Å². The molecule has 0 saturated carbocycles. The van der Waals surface area contributed by atoms with Crippen molar-refractivity contribution >= 4 is 33.5 Å². The lowest BCUT2D eigenvalue weighted by atomic mass is 10.1. The highest BCUT2D eigenvalue weighted by molar-refractivity contribution is 9.10. The van der Waals surface area contributed by atoms with Gasteiger partial charge in [0.25, 0.3) is 5.56 Å². The second-order valence-electron chi connectivity index (χ2n) is 5.79. The molecule has 0 fully saturated rings. The van der Waals surface area contributed by atoms with E-state index in [9.17, 15) is 14.9 Å². The molecule has 0 atom stereocenters. The third-order valence-electron chi connectivity index (χ3n) is 3.84. The molecule has 3 rings (SSSR count). The summed E-state index contributed by atoms with van der Waals surface area (Å²) in [6.45, 7) is 1.96. The Hall–Kier alpha value is -2.69. The summed E-state index contributed by atoms with van der Waals surface area (Å²) < 4.78 is 0.882. The number of nitriles is 1. The first-order valence-electron chi connectivity index (χ1n) is 8.01. The van der Waals surface area contributed by atoms with E-state index in [1.165, 1.54) is 0 Å². The molecule has 5 nitrogen and oxygen atoms in total. The Morgan fingerprint density at radius 2 is 1.85 bits per heavy atom. The first-order chi connectivity index (χ1) is 13.0. The van der Waals surface area contributed by atoms with E-state index in [2.05, 4.69) is 25.9 Å². The van der Waals surface area contributed by atoms with Crippen molar-refractivity contribution in [3.05, 3.63) is 80.0 Å². The van der Waals surface area contributed by atoms with Crippen molar-refractivity contribution in [2.24, 2.45) is 0 Å². The molecule has 27 heavy (non-hydrogen) atoms. The Morgan fingerprint density at radius 3 is 2.48 bits per heavy atom. The van der Waals surface area contributed by atoms with Gasteiger partial charge in [-0.15, -0.1) is 0 Å². The molecule has 2 aromatic carbocycles. The summed E-state index contributed by atoms with van der Waals surface area (Å²) in [5.74, 6) is 0.0784. The summed E-state index contributed by atoms with van der Waals surface area (Å²) >= 11 is 4.49. The molecule has 0 unspecified atom stereocenters. The van der Waals surface area contributed by atoms with Crippen molar-refractivity contribution < 1.29 is 4.79 Å². The van der Waals surface area contributed by atoms with Crippen LogP contribution < -0.4 is 5.56 Å². The van der Waals surface area contributed by atoms with Gasteiger partial charge >= 0.3 is 0 Å². The molecule has 1 heterocycles. The second-order valence-corrected chi connectivity index (χ2v) is 7.67. The fourth-order valence-electron chi connectivity index (χ4n) is 2.40. The number of aromatic nitrogens is 2. The van der Waals surface area contributed by atoms with Crippen LogP contribution in [0, 0.1) is 18.3 Å². The number of thioether (sulfide) groups is 1. The number of carbonyl (C=O) groups excluding carboxylic acids is 1. The van der Waals surface area contributed by atoms with Crippen LogP contribution in [0.5, 0.6) is 0 Å². The number of hydrogen-bond donors (Lipinski definition) is 1. The van der Waals surface area contributed by atoms with Crippen molar-refractivity contribution in [1.29, 1.82) is 5.26 Å². The van der Waals surface area contributed by atoms with E-state index >= 15 is 0 Å². The summed E-state index contributed by atoms with van der Waals surface area (Å²) in [6.07, 6.45) is 0. The average molecular weight is 440 g/mol. The van der Waals surface area contributed by atoms with E-state index in [-0.39, 0.29) is 17.1 Å². The first kappa shape index (κ1) is 19.1. The Labute approximate surface area is 168 Å². The van der Waals surface area contributed by atoms with Gasteiger partial charge in [0, 0.05) is 15.6 Å². The summed E-state index contributed by atoms with van der Waals surface area (Å²) in [4.78, 5) is 31.6. The molecule has 134 valence electrons. The van der Waals surface area contributed by atoms with Gasteiger partial charge in [-0.2, -0.15) is 5.26 Å². The maximum absolute atomic E-state index is 12.3. The van der Waals surface area contributed by atoms with Crippen molar-refractivity contribution in [3.8, 4) is 17.3 Å². The number of nitrogens with zero attached hydrogens (tertiary/aromatic N) is 2.